The highest BCUT2D eigenvalue weighted by Gasteiger charge is 2.29. The number of sulfonamides is 1. The molecular weight excluding hydrogens is 464 g/mol. The minimum Gasteiger partial charge on any atom is -0.390 e. The molecule has 0 radical (unpaired) electrons. The van der Waals surface area contributed by atoms with Gasteiger partial charge in [0.1, 0.15) is 0 Å². The summed E-state index contributed by atoms with van der Waals surface area (Å²) in [6.07, 6.45) is 2.39. The van der Waals surface area contributed by atoms with Gasteiger partial charge in [0.15, 0.2) is 0 Å². The van der Waals surface area contributed by atoms with Crippen molar-refractivity contribution in [1.82, 2.24) is 9.62 Å². The van der Waals surface area contributed by atoms with Gasteiger partial charge in [-0.2, -0.15) is 4.31 Å². The minimum atomic E-state index is -3.67. The molecule has 2 N–H and O–H groups in total. The Bertz CT molecular complexity index is 953. The molecule has 1 unspecified atom stereocenters. The second kappa shape index (κ2) is 9.49. The van der Waals surface area contributed by atoms with E-state index in [0.29, 0.717) is 16.9 Å². The molecule has 30 heavy (non-hydrogen) atoms. The third kappa shape index (κ3) is 5.71. The van der Waals surface area contributed by atoms with Crippen molar-refractivity contribution in [1.29, 1.82) is 0 Å². The van der Waals surface area contributed by atoms with Crippen LogP contribution >= 0.6 is 15.9 Å². The number of aliphatic hydroxyl groups is 1. The van der Waals surface area contributed by atoms with Crippen LogP contribution in [0.5, 0.6) is 0 Å². The van der Waals surface area contributed by atoms with Gasteiger partial charge in [-0.3, -0.25) is 0 Å². The quantitative estimate of drug-likeness (QED) is 0.558. The van der Waals surface area contributed by atoms with Gasteiger partial charge < -0.3 is 10.4 Å². The molecule has 0 amide bonds. The van der Waals surface area contributed by atoms with Gasteiger partial charge in [-0.15, -0.1) is 0 Å². The smallest absolute Gasteiger partial charge is 0.244 e. The predicted molar refractivity (Wildman–Crippen MR) is 124 cm³/mol. The first-order valence-electron chi connectivity index (χ1n) is 10.3. The lowest BCUT2D eigenvalue weighted by molar-refractivity contribution is 0.135. The summed E-state index contributed by atoms with van der Waals surface area (Å²) in [5.41, 5.74) is 2.74. The van der Waals surface area contributed by atoms with Gasteiger partial charge in [-0.1, -0.05) is 36.4 Å². The number of hydrogen-bond donors (Lipinski definition) is 2. The molecule has 0 spiro atoms. The third-order valence-electron chi connectivity index (χ3n) is 5.74. The van der Waals surface area contributed by atoms with E-state index >= 15 is 0 Å². The van der Waals surface area contributed by atoms with Crippen molar-refractivity contribution in [2.45, 2.75) is 49.6 Å². The molecule has 0 saturated carbocycles. The molecule has 0 bridgehead atoms. The standard InChI is InChI=1S/C23H31BrN2O3S/c1-23(2,14-17-12-18-8-4-5-9-19(18)13-17)25-15-20(27)16-26(3)30(28,29)22-11-7-6-10-21(22)24/h4-11,17,20,25,27H,12-16H2,1-3H3. The van der Waals surface area contributed by atoms with Crippen molar-refractivity contribution in [2.75, 3.05) is 20.1 Å². The molecule has 2 aromatic rings. The van der Waals surface area contributed by atoms with Crippen LogP contribution in [0.1, 0.15) is 31.4 Å². The van der Waals surface area contributed by atoms with Crippen molar-refractivity contribution >= 4 is 26.0 Å². The maximum atomic E-state index is 12.8. The number of benzene rings is 2. The van der Waals surface area contributed by atoms with E-state index in [1.165, 1.54) is 22.5 Å². The molecule has 2 aromatic carbocycles. The Kier molecular flexibility index (Phi) is 7.40. The van der Waals surface area contributed by atoms with Gasteiger partial charge in [0, 0.05) is 30.1 Å². The van der Waals surface area contributed by atoms with Crippen LogP contribution in [-0.2, 0) is 22.9 Å². The van der Waals surface area contributed by atoms with Gasteiger partial charge in [0.25, 0.3) is 0 Å². The molecule has 1 atom stereocenters. The summed E-state index contributed by atoms with van der Waals surface area (Å²) in [4.78, 5) is 0.203. The van der Waals surface area contributed by atoms with Crippen LogP contribution < -0.4 is 5.32 Å². The first-order chi connectivity index (χ1) is 14.1. The lowest BCUT2D eigenvalue weighted by atomic mass is 9.88. The summed E-state index contributed by atoms with van der Waals surface area (Å²) in [5.74, 6) is 0.584. The first kappa shape index (κ1) is 23.4. The van der Waals surface area contributed by atoms with E-state index in [-0.39, 0.29) is 17.0 Å². The normalized spacial score (nSPS) is 16.1. The molecule has 0 aliphatic heterocycles. The van der Waals surface area contributed by atoms with Crippen molar-refractivity contribution in [3.05, 3.63) is 64.1 Å². The minimum absolute atomic E-state index is 0.0294. The molecule has 1 aliphatic carbocycles. The number of β-amino-alcohol motifs (C(OH)–C–C–N with tert-alkyl or cyclic N) is 1. The highest BCUT2D eigenvalue weighted by molar-refractivity contribution is 9.10. The summed E-state index contributed by atoms with van der Waals surface area (Å²) in [7, 11) is -2.17. The fraction of sp³-hybridized carbons (Fsp3) is 0.478. The van der Waals surface area contributed by atoms with Gasteiger partial charge >= 0.3 is 0 Å². The Morgan fingerprint density at radius 3 is 2.30 bits per heavy atom. The second-order valence-corrected chi connectivity index (χ2v) is 11.7. The molecular formula is C23H31BrN2O3S. The summed E-state index contributed by atoms with van der Waals surface area (Å²) < 4.78 is 27.3. The molecule has 0 fully saturated rings. The van der Waals surface area contributed by atoms with Crippen LogP contribution in [0, 0.1) is 5.92 Å². The molecule has 3 rings (SSSR count). The SMILES string of the molecule is CN(CC(O)CNC(C)(C)CC1Cc2ccccc2C1)S(=O)(=O)c1ccccc1Br. The number of halogens is 1. The number of nitrogens with one attached hydrogen (secondary N) is 1. The van der Waals surface area contributed by atoms with Crippen LogP contribution in [0.2, 0.25) is 0 Å². The Balaban J connectivity index is 1.51. The average Bonchev–Trinajstić information content (AvgIpc) is 3.08. The Morgan fingerprint density at radius 2 is 1.70 bits per heavy atom. The lowest BCUT2D eigenvalue weighted by Crippen LogP contribution is -2.47. The average molecular weight is 495 g/mol. The second-order valence-electron chi connectivity index (χ2n) is 8.88. The molecule has 5 nitrogen and oxygen atoms in total. The van der Waals surface area contributed by atoms with E-state index in [0.717, 1.165) is 19.3 Å². The predicted octanol–water partition coefficient (Wildman–Crippen LogP) is 3.60. The number of hydrogen-bond acceptors (Lipinski definition) is 4. The number of rotatable bonds is 9. The summed E-state index contributed by atoms with van der Waals surface area (Å²) in [5, 5.41) is 13.9. The van der Waals surface area contributed by atoms with E-state index in [1.807, 2.05) is 0 Å². The van der Waals surface area contributed by atoms with Gasteiger partial charge in [0.2, 0.25) is 10.0 Å². The molecule has 0 aromatic heterocycles. The monoisotopic (exact) mass is 494 g/mol. The largest absolute Gasteiger partial charge is 0.390 e. The number of fused-ring (bicyclic) bond motifs is 1. The topological polar surface area (TPSA) is 69.6 Å². The van der Waals surface area contributed by atoms with Crippen LogP contribution in [0.25, 0.3) is 0 Å². The zero-order valence-electron chi connectivity index (χ0n) is 17.8. The van der Waals surface area contributed by atoms with E-state index in [1.54, 1.807) is 24.3 Å². The lowest BCUT2D eigenvalue weighted by Gasteiger charge is -2.31. The van der Waals surface area contributed by atoms with Crippen molar-refractivity contribution < 1.29 is 13.5 Å². The molecule has 164 valence electrons. The number of aliphatic hydroxyl groups excluding tert-OH is 1. The van der Waals surface area contributed by atoms with E-state index in [2.05, 4.69) is 59.4 Å². The summed E-state index contributed by atoms with van der Waals surface area (Å²) in [6.45, 7) is 4.65. The van der Waals surface area contributed by atoms with E-state index < -0.39 is 16.1 Å². The maximum Gasteiger partial charge on any atom is 0.244 e. The van der Waals surface area contributed by atoms with Crippen LogP contribution in [0.4, 0.5) is 0 Å². The fourth-order valence-electron chi connectivity index (χ4n) is 4.26. The van der Waals surface area contributed by atoms with E-state index in [4.69, 9.17) is 0 Å². The Morgan fingerprint density at radius 1 is 1.13 bits per heavy atom. The zero-order valence-corrected chi connectivity index (χ0v) is 20.2. The van der Waals surface area contributed by atoms with Gasteiger partial charge in [-0.25, -0.2) is 8.42 Å². The maximum absolute atomic E-state index is 12.8. The highest BCUT2D eigenvalue weighted by atomic mass is 79.9. The highest BCUT2D eigenvalue weighted by Crippen LogP contribution is 2.32. The van der Waals surface area contributed by atoms with Crippen LogP contribution in [0.3, 0.4) is 0 Å². The van der Waals surface area contributed by atoms with E-state index in [9.17, 15) is 13.5 Å². The Labute approximate surface area is 188 Å². The summed E-state index contributed by atoms with van der Waals surface area (Å²) in [6, 6.07) is 15.3. The van der Waals surface area contributed by atoms with Crippen LogP contribution in [0.15, 0.2) is 57.9 Å². The Hall–Kier alpha value is -1.25. The van der Waals surface area contributed by atoms with Gasteiger partial charge in [0.05, 0.1) is 11.0 Å². The fourth-order valence-corrected chi connectivity index (χ4v) is 6.43. The third-order valence-corrected chi connectivity index (χ3v) is 8.58. The number of nitrogens with zero attached hydrogens (tertiary/aromatic N) is 1. The first-order valence-corrected chi connectivity index (χ1v) is 12.5. The van der Waals surface area contributed by atoms with Gasteiger partial charge in [-0.05, 0) is 78.2 Å². The van der Waals surface area contributed by atoms with Crippen molar-refractivity contribution in [2.24, 2.45) is 5.92 Å². The van der Waals surface area contributed by atoms with Crippen molar-refractivity contribution in [3.63, 3.8) is 0 Å². The zero-order chi connectivity index (χ0) is 21.9. The van der Waals surface area contributed by atoms with Crippen LogP contribution in [-0.4, -0.2) is 49.6 Å². The molecule has 0 saturated heterocycles. The molecule has 7 heteroatoms. The molecule has 0 heterocycles. The summed E-state index contributed by atoms with van der Waals surface area (Å²) >= 11 is 3.30. The molecule has 1 aliphatic rings. The number of likely N-dealkylation sites (N-methyl/N-ethyl adjacent to an activating group) is 1. The van der Waals surface area contributed by atoms with Crippen molar-refractivity contribution in [3.8, 4) is 0 Å².